The van der Waals surface area contributed by atoms with Crippen molar-refractivity contribution in [1.29, 1.82) is 0 Å². The van der Waals surface area contributed by atoms with Crippen molar-refractivity contribution in [1.82, 2.24) is 9.88 Å². The Morgan fingerprint density at radius 1 is 1.10 bits per heavy atom. The molecule has 0 radical (unpaired) electrons. The lowest BCUT2D eigenvalue weighted by molar-refractivity contribution is 0.283. The van der Waals surface area contributed by atoms with Gasteiger partial charge in [-0.2, -0.15) is 0 Å². The molecule has 1 aromatic heterocycles. The summed E-state index contributed by atoms with van der Waals surface area (Å²) in [5.74, 6) is 0.970. The van der Waals surface area contributed by atoms with Crippen LogP contribution < -0.4 is 0 Å². The van der Waals surface area contributed by atoms with Gasteiger partial charge in [0.25, 0.3) is 0 Å². The highest BCUT2D eigenvalue weighted by Crippen LogP contribution is 2.26. The topological polar surface area (TPSA) is 19.0 Å². The van der Waals surface area contributed by atoms with E-state index >= 15 is 0 Å². The number of aromatic amines is 1. The normalized spacial score (nSPS) is 17.4. The maximum atomic E-state index is 3.31. The van der Waals surface area contributed by atoms with Gasteiger partial charge in [0, 0.05) is 23.6 Å². The van der Waals surface area contributed by atoms with Crippen molar-refractivity contribution in [2.45, 2.75) is 51.5 Å². The molecule has 114 valence electrons. The molecule has 1 N–H and O–H groups in total. The van der Waals surface area contributed by atoms with Gasteiger partial charge in [-0.15, -0.1) is 0 Å². The molecule has 2 heteroatoms. The standard InChI is InChI=1S/C19H28N2/c1-21(14-12-16-7-4-2-3-5-8-16)15-17-9-6-10-19-18(17)11-13-20-19/h6,9-11,13,16,20H,2-5,7-8,12,14-15H2,1H3. The highest BCUT2D eigenvalue weighted by molar-refractivity contribution is 5.82. The molecule has 3 rings (SSSR count). The fraction of sp³-hybridized carbons (Fsp3) is 0.579. The molecule has 2 aromatic rings. The molecule has 1 aliphatic carbocycles. The van der Waals surface area contributed by atoms with Gasteiger partial charge in [0.15, 0.2) is 0 Å². The van der Waals surface area contributed by atoms with E-state index in [4.69, 9.17) is 0 Å². The van der Waals surface area contributed by atoms with Crippen LogP contribution in [0.5, 0.6) is 0 Å². The molecule has 1 heterocycles. The fourth-order valence-electron chi connectivity index (χ4n) is 3.71. The second-order valence-corrected chi connectivity index (χ2v) is 6.74. The zero-order chi connectivity index (χ0) is 14.5. The summed E-state index contributed by atoms with van der Waals surface area (Å²) in [5, 5.41) is 1.37. The van der Waals surface area contributed by atoms with Crippen molar-refractivity contribution in [2.24, 2.45) is 5.92 Å². The molecule has 1 aromatic carbocycles. The third kappa shape index (κ3) is 3.88. The molecule has 0 amide bonds. The van der Waals surface area contributed by atoms with E-state index in [1.54, 1.807) is 0 Å². The van der Waals surface area contributed by atoms with E-state index in [1.807, 2.05) is 6.20 Å². The first-order valence-corrected chi connectivity index (χ1v) is 8.56. The van der Waals surface area contributed by atoms with Crippen LogP contribution in [0.2, 0.25) is 0 Å². The van der Waals surface area contributed by atoms with E-state index in [0.29, 0.717) is 0 Å². The number of hydrogen-bond donors (Lipinski definition) is 1. The largest absolute Gasteiger partial charge is 0.361 e. The zero-order valence-corrected chi connectivity index (χ0v) is 13.3. The Labute approximate surface area is 128 Å². The molecule has 0 aliphatic heterocycles. The summed E-state index contributed by atoms with van der Waals surface area (Å²) < 4.78 is 0. The lowest BCUT2D eigenvalue weighted by Crippen LogP contribution is -2.21. The summed E-state index contributed by atoms with van der Waals surface area (Å²) in [5.41, 5.74) is 2.70. The first-order chi connectivity index (χ1) is 10.3. The number of rotatable bonds is 5. The van der Waals surface area contributed by atoms with E-state index in [0.717, 1.165) is 12.5 Å². The number of hydrogen-bond acceptors (Lipinski definition) is 1. The van der Waals surface area contributed by atoms with Crippen LogP contribution in [-0.2, 0) is 6.54 Å². The van der Waals surface area contributed by atoms with Crippen LogP contribution in [0, 0.1) is 5.92 Å². The summed E-state index contributed by atoms with van der Waals surface area (Å²) in [7, 11) is 2.27. The average Bonchev–Trinajstić information content (AvgIpc) is 2.82. The Kier molecular flexibility index (Phi) is 4.97. The molecule has 0 atom stereocenters. The van der Waals surface area contributed by atoms with Crippen molar-refractivity contribution in [3.63, 3.8) is 0 Å². The van der Waals surface area contributed by atoms with Crippen LogP contribution in [0.1, 0.15) is 50.5 Å². The minimum atomic E-state index is 0.970. The van der Waals surface area contributed by atoms with Crippen LogP contribution in [0.25, 0.3) is 10.9 Å². The predicted molar refractivity (Wildman–Crippen MR) is 90.4 cm³/mol. The summed E-state index contributed by atoms with van der Waals surface area (Å²) in [6.45, 7) is 2.29. The molecule has 1 fully saturated rings. The van der Waals surface area contributed by atoms with Gasteiger partial charge >= 0.3 is 0 Å². The van der Waals surface area contributed by atoms with Gasteiger partial charge in [0.05, 0.1) is 0 Å². The Morgan fingerprint density at radius 2 is 1.90 bits per heavy atom. The molecule has 1 saturated carbocycles. The maximum Gasteiger partial charge on any atom is 0.0457 e. The van der Waals surface area contributed by atoms with Crippen LogP contribution in [0.4, 0.5) is 0 Å². The summed E-state index contributed by atoms with van der Waals surface area (Å²) in [6.07, 6.45) is 12.2. The zero-order valence-electron chi connectivity index (χ0n) is 13.3. The quantitative estimate of drug-likeness (QED) is 0.769. The van der Waals surface area contributed by atoms with Gasteiger partial charge in [0.1, 0.15) is 0 Å². The van der Waals surface area contributed by atoms with Crippen molar-refractivity contribution in [2.75, 3.05) is 13.6 Å². The number of nitrogens with zero attached hydrogens (tertiary/aromatic N) is 1. The second-order valence-electron chi connectivity index (χ2n) is 6.74. The van der Waals surface area contributed by atoms with Crippen LogP contribution in [0.15, 0.2) is 30.5 Å². The van der Waals surface area contributed by atoms with Crippen LogP contribution in [-0.4, -0.2) is 23.5 Å². The molecule has 0 bridgehead atoms. The number of benzene rings is 1. The molecule has 0 unspecified atom stereocenters. The van der Waals surface area contributed by atoms with Crippen molar-refractivity contribution in [3.05, 3.63) is 36.0 Å². The number of fused-ring (bicyclic) bond motifs is 1. The second kappa shape index (κ2) is 7.13. The predicted octanol–water partition coefficient (Wildman–Crippen LogP) is 4.96. The Balaban J connectivity index is 1.54. The Hall–Kier alpha value is -1.28. The first-order valence-electron chi connectivity index (χ1n) is 8.56. The molecule has 0 saturated heterocycles. The molecule has 21 heavy (non-hydrogen) atoms. The van der Waals surface area contributed by atoms with Crippen molar-refractivity contribution >= 4 is 10.9 Å². The SMILES string of the molecule is CN(CCC1CCCCCC1)Cc1cccc2[nH]ccc12. The van der Waals surface area contributed by atoms with Gasteiger partial charge < -0.3 is 9.88 Å². The molecule has 0 spiro atoms. The van der Waals surface area contributed by atoms with Crippen LogP contribution in [0.3, 0.4) is 0 Å². The molecule has 1 aliphatic rings. The van der Waals surface area contributed by atoms with Gasteiger partial charge in [-0.05, 0) is 43.6 Å². The van der Waals surface area contributed by atoms with Gasteiger partial charge in [0.2, 0.25) is 0 Å². The third-order valence-electron chi connectivity index (χ3n) is 5.02. The monoisotopic (exact) mass is 284 g/mol. The third-order valence-corrected chi connectivity index (χ3v) is 5.02. The lowest BCUT2D eigenvalue weighted by Gasteiger charge is -2.21. The number of H-pyrrole nitrogens is 1. The minimum absolute atomic E-state index is 0.970. The van der Waals surface area contributed by atoms with E-state index in [1.165, 1.54) is 68.0 Å². The summed E-state index contributed by atoms with van der Waals surface area (Å²) >= 11 is 0. The molecular weight excluding hydrogens is 256 g/mol. The van der Waals surface area contributed by atoms with E-state index in [-0.39, 0.29) is 0 Å². The first kappa shape index (κ1) is 14.6. The van der Waals surface area contributed by atoms with Gasteiger partial charge in [-0.3, -0.25) is 0 Å². The highest BCUT2D eigenvalue weighted by atomic mass is 15.1. The fourth-order valence-corrected chi connectivity index (χ4v) is 3.71. The average molecular weight is 284 g/mol. The summed E-state index contributed by atoms with van der Waals surface area (Å²) in [4.78, 5) is 5.80. The van der Waals surface area contributed by atoms with Crippen LogP contribution >= 0.6 is 0 Å². The lowest BCUT2D eigenvalue weighted by atomic mass is 9.96. The number of nitrogens with one attached hydrogen (secondary N) is 1. The smallest absolute Gasteiger partial charge is 0.0457 e. The van der Waals surface area contributed by atoms with E-state index in [9.17, 15) is 0 Å². The minimum Gasteiger partial charge on any atom is -0.361 e. The maximum absolute atomic E-state index is 3.31. The number of aromatic nitrogens is 1. The van der Waals surface area contributed by atoms with E-state index in [2.05, 4.69) is 41.2 Å². The Morgan fingerprint density at radius 3 is 2.71 bits per heavy atom. The molecule has 2 nitrogen and oxygen atoms in total. The van der Waals surface area contributed by atoms with E-state index < -0.39 is 0 Å². The van der Waals surface area contributed by atoms with Gasteiger partial charge in [-0.25, -0.2) is 0 Å². The Bertz CT molecular complexity index is 549. The molecular formula is C19H28N2. The summed E-state index contributed by atoms with van der Waals surface area (Å²) in [6, 6.07) is 8.78. The van der Waals surface area contributed by atoms with Gasteiger partial charge in [-0.1, -0.05) is 50.7 Å². The van der Waals surface area contributed by atoms with Crippen molar-refractivity contribution in [3.8, 4) is 0 Å². The van der Waals surface area contributed by atoms with Crippen molar-refractivity contribution < 1.29 is 0 Å². The highest BCUT2D eigenvalue weighted by Gasteiger charge is 2.13.